The smallest absolute Gasteiger partial charge is 0.129 e. The lowest BCUT2D eigenvalue weighted by atomic mass is 9.86. The second-order valence-corrected chi connectivity index (χ2v) is 5.51. The van der Waals surface area contributed by atoms with Gasteiger partial charge in [-0.3, -0.25) is 4.90 Å². The van der Waals surface area contributed by atoms with Crippen molar-refractivity contribution in [2.75, 3.05) is 6.54 Å². The van der Waals surface area contributed by atoms with Gasteiger partial charge in [-0.1, -0.05) is 13.8 Å². The Morgan fingerprint density at radius 2 is 2.00 bits per heavy atom. The van der Waals surface area contributed by atoms with Crippen LogP contribution in [0.3, 0.4) is 0 Å². The van der Waals surface area contributed by atoms with E-state index in [2.05, 4.69) is 25.7 Å². The van der Waals surface area contributed by atoms with Crippen molar-refractivity contribution in [3.05, 3.63) is 23.7 Å². The summed E-state index contributed by atoms with van der Waals surface area (Å²) >= 11 is 0. The number of furan rings is 1. The average molecular weight is 237 g/mol. The van der Waals surface area contributed by atoms with Gasteiger partial charge in [-0.25, -0.2) is 0 Å². The minimum absolute atomic E-state index is 0.0115. The summed E-state index contributed by atoms with van der Waals surface area (Å²) in [5, 5.41) is 8.99. The van der Waals surface area contributed by atoms with Gasteiger partial charge in [-0.15, -0.1) is 0 Å². The molecule has 0 bridgehead atoms. The number of aliphatic hydroxyl groups excluding tert-OH is 1. The maximum Gasteiger partial charge on any atom is 0.129 e. The van der Waals surface area contributed by atoms with Crippen molar-refractivity contribution in [3.8, 4) is 0 Å². The third-order valence-corrected chi connectivity index (χ3v) is 3.95. The highest BCUT2D eigenvalue weighted by atomic mass is 16.4. The summed E-state index contributed by atoms with van der Waals surface area (Å²) in [5.41, 5.74) is 0. The standard InChI is InChI=1S/C14H23NO2/c1-10-6-11(2)12(3)15(7-10)8-13-4-5-14(9-16)17-13/h4-5,10-12,16H,6-9H2,1-3H3. The Hall–Kier alpha value is -0.800. The van der Waals surface area contributed by atoms with Crippen molar-refractivity contribution in [2.24, 2.45) is 11.8 Å². The molecule has 3 nitrogen and oxygen atoms in total. The lowest BCUT2D eigenvalue weighted by Crippen LogP contribution is -2.45. The molecule has 1 aromatic rings. The van der Waals surface area contributed by atoms with Crippen LogP contribution in [-0.4, -0.2) is 22.6 Å². The van der Waals surface area contributed by atoms with Gasteiger partial charge in [0.2, 0.25) is 0 Å². The van der Waals surface area contributed by atoms with Crippen LogP contribution < -0.4 is 0 Å². The van der Waals surface area contributed by atoms with Crippen LogP contribution in [0.2, 0.25) is 0 Å². The van der Waals surface area contributed by atoms with Crippen LogP contribution in [0.25, 0.3) is 0 Å². The molecule has 3 unspecified atom stereocenters. The molecule has 2 heterocycles. The summed E-state index contributed by atoms with van der Waals surface area (Å²) < 4.78 is 5.56. The van der Waals surface area contributed by atoms with E-state index in [-0.39, 0.29) is 6.61 Å². The SMILES string of the molecule is CC1CC(C)C(C)N(Cc2ccc(CO)o2)C1. The van der Waals surface area contributed by atoms with Crippen molar-refractivity contribution in [1.82, 2.24) is 4.90 Å². The van der Waals surface area contributed by atoms with E-state index in [1.54, 1.807) is 0 Å². The Morgan fingerprint density at radius 1 is 1.29 bits per heavy atom. The molecule has 1 fully saturated rings. The van der Waals surface area contributed by atoms with Gasteiger partial charge in [-0.2, -0.15) is 0 Å². The van der Waals surface area contributed by atoms with E-state index in [4.69, 9.17) is 9.52 Å². The maximum atomic E-state index is 8.99. The molecule has 1 aliphatic heterocycles. The van der Waals surface area contributed by atoms with Crippen LogP contribution in [0.4, 0.5) is 0 Å². The molecule has 0 saturated carbocycles. The number of hydrogen-bond donors (Lipinski definition) is 1. The van der Waals surface area contributed by atoms with E-state index in [1.807, 2.05) is 12.1 Å². The Morgan fingerprint density at radius 3 is 2.65 bits per heavy atom. The normalized spacial score (nSPS) is 30.7. The Labute approximate surface area is 103 Å². The molecular weight excluding hydrogens is 214 g/mol. The third kappa shape index (κ3) is 2.90. The highest BCUT2D eigenvalue weighted by Gasteiger charge is 2.29. The van der Waals surface area contributed by atoms with Crippen molar-refractivity contribution in [1.29, 1.82) is 0 Å². The fourth-order valence-corrected chi connectivity index (χ4v) is 2.83. The van der Waals surface area contributed by atoms with Gasteiger partial charge in [0.1, 0.15) is 18.1 Å². The van der Waals surface area contributed by atoms with Gasteiger partial charge in [0.25, 0.3) is 0 Å². The Balaban J connectivity index is 2.01. The van der Waals surface area contributed by atoms with Crippen LogP contribution in [-0.2, 0) is 13.2 Å². The summed E-state index contributed by atoms with van der Waals surface area (Å²) in [4.78, 5) is 2.48. The van der Waals surface area contributed by atoms with Gasteiger partial charge >= 0.3 is 0 Å². The first-order valence-corrected chi connectivity index (χ1v) is 6.52. The van der Waals surface area contributed by atoms with Crippen LogP contribution in [0, 0.1) is 11.8 Å². The van der Waals surface area contributed by atoms with E-state index in [1.165, 1.54) is 6.42 Å². The topological polar surface area (TPSA) is 36.6 Å². The number of rotatable bonds is 3. The van der Waals surface area contributed by atoms with Gasteiger partial charge in [-0.05, 0) is 37.3 Å². The van der Waals surface area contributed by atoms with Crippen molar-refractivity contribution < 1.29 is 9.52 Å². The number of hydrogen-bond acceptors (Lipinski definition) is 3. The zero-order valence-electron chi connectivity index (χ0n) is 11.0. The molecule has 0 spiro atoms. The van der Waals surface area contributed by atoms with Crippen molar-refractivity contribution in [2.45, 2.75) is 46.4 Å². The quantitative estimate of drug-likeness (QED) is 0.878. The average Bonchev–Trinajstić information content (AvgIpc) is 2.73. The summed E-state index contributed by atoms with van der Waals surface area (Å²) in [6, 6.07) is 4.44. The third-order valence-electron chi connectivity index (χ3n) is 3.95. The lowest BCUT2D eigenvalue weighted by Gasteiger charge is -2.40. The van der Waals surface area contributed by atoms with Crippen LogP contribution in [0.15, 0.2) is 16.5 Å². The molecule has 0 aliphatic carbocycles. The highest BCUT2D eigenvalue weighted by molar-refractivity contribution is 5.06. The Bertz CT molecular complexity index is 361. The minimum atomic E-state index is -0.0115. The summed E-state index contributed by atoms with van der Waals surface area (Å²) in [7, 11) is 0. The van der Waals surface area contributed by atoms with Crippen LogP contribution in [0.5, 0.6) is 0 Å². The van der Waals surface area contributed by atoms with Crippen molar-refractivity contribution >= 4 is 0 Å². The second kappa shape index (κ2) is 5.23. The summed E-state index contributed by atoms with van der Waals surface area (Å²) in [5.74, 6) is 3.12. The molecule has 17 heavy (non-hydrogen) atoms. The van der Waals surface area contributed by atoms with Gasteiger partial charge in [0.15, 0.2) is 0 Å². The molecular formula is C14H23NO2. The first-order valence-electron chi connectivity index (χ1n) is 6.52. The predicted molar refractivity (Wildman–Crippen MR) is 67.4 cm³/mol. The van der Waals surface area contributed by atoms with E-state index < -0.39 is 0 Å². The van der Waals surface area contributed by atoms with Crippen LogP contribution >= 0.6 is 0 Å². The van der Waals surface area contributed by atoms with Gasteiger partial charge in [0, 0.05) is 12.6 Å². The largest absolute Gasteiger partial charge is 0.462 e. The fourth-order valence-electron chi connectivity index (χ4n) is 2.83. The number of nitrogens with zero attached hydrogens (tertiary/aromatic N) is 1. The van der Waals surface area contributed by atoms with Crippen molar-refractivity contribution in [3.63, 3.8) is 0 Å². The zero-order valence-corrected chi connectivity index (χ0v) is 11.0. The maximum absolute atomic E-state index is 8.99. The van der Waals surface area contributed by atoms with E-state index in [0.29, 0.717) is 11.8 Å². The molecule has 0 radical (unpaired) electrons. The molecule has 0 aromatic carbocycles. The van der Waals surface area contributed by atoms with Crippen LogP contribution in [0.1, 0.15) is 38.7 Å². The van der Waals surface area contributed by atoms with E-state index >= 15 is 0 Å². The molecule has 1 aromatic heterocycles. The number of aliphatic hydroxyl groups is 1. The van der Waals surface area contributed by atoms with E-state index in [9.17, 15) is 0 Å². The molecule has 96 valence electrons. The molecule has 1 saturated heterocycles. The fraction of sp³-hybridized carbons (Fsp3) is 0.714. The molecule has 1 N–H and O–H groups in total. The molecule has 2 rings (SSSR count). The summed E-state index contributed by atoms with van der Waals surface area (Å²) in [6.07, 6.45) is 1.32. The molecule has 3 heteroatoms. The highest BCUT2D eigenvalue weighted by Crippen LogP contribution is 2.28. The predicted octanol–water partition coefficient (Wildman–Crippen LogP) is 2.64. The first-order chi connectivity index (χ1) is 8.10. The first kappa shape index (κ1) is 12.7. The summed E-state index contributed by atoms with van der Waals surface area (Å²) in [6.45, 7) is 8.93. The minimum Gasteiger partial charge on any atom is -0.462 e. The molecule has 3 atom stereocenters. The number of likely N-dealkylation sites (tertiary alicyclic amines) is 1. The van der Waals surface area contributed by atoms with Gasteiger partial charge in [0.05, 0.1) is 6.54 Å². The molecule has 0 amide bonds. The number of piperidine rings is 1. The second-order valence-electron chi connectivity index (χ2n) is 5.51. The van der Waals surface area contributed by atoms with Gasteiger partial charge < -0.3 is 9.52 Å². The molecule has 1 aliphatic rings. The zero-order chi connectivity index (χ0) is 12.4. The van der Waals surface area contributed by atoms with E-state index in [0.717, 1.165) is 30.7 Å². The monoisotopic (exact) mass is 237 g/mol. The Kier molecular flexibility index (Phi) is 3.89. The lowest BCUT2D eigenvalue weighted by molar-refractivity contribution is 0.0659.